The molecule has 94 valence electrons. The standard InChI is InChI=1S/C12H19FN4/c1-2-17-5-3-10(4-6-17)7-14-12-15-8-11(13)9-16-12/h8-10H,2-7H2,1H3,(H,14,15,16). The first kappa shape index (κ1) is 12.2. The van der Waals surface area contributed by atoms with Crippen LogP contribution in [0, 0.1) is 11.7 Å². The summed E-state index contributed by atoms with van der Waals surface area (Å²) < 4.78 is 12.6. The molecule has 1 aromatic rings. The predicted molar refractivity (Wildman–Crippen MR) is 65.3 cm³/mol. The van der Waals surface area contributed by atoms with Crippen molar-refractivity contribution in [1.82, 2.24) is 14.9 Å². The zero-order valence-electron chi connectivity index (χ0n) is 10.2. The molecular weight excluding hydrogens is 219 g/mol. The van der Waals surface area contributed by atoms with Crippen molar-refractivity contribution in [2.45, 2.75) is 19.8 Å². The van der Waals surface area contributed by atoms with Gasteiger partial charge in [0.2, 0.25) is 5.95 Å². The molecule has 4 nitrogen and oxygen atoms in total. The predicted octanol–water partition coefficient (Wildman–Crippen LogP) is 1.76. The van der Waals surface area contributed by atoms with Gasteiger partial charge in [-0.15, -0.1) is 0 Å². The zero-order valence-corrected chi connectivity index (χ0v) is 10.2. The molecule has 0 aliphatic carbocycles. The molecule has 2 heterocycles. The Morgan fingerprint density at radius 1 is 1.35 bits per heavy atom. The van der Waals surface area contributed by atoms with Crippen LogP contribution in [-0.4, -0.2) is 41.0 Å². The summed E-state index contributed by atoms with van der Waals surface area (Å²) in [6.45, 7) is 6.57. The monoisotopic (exact) mass is 238 g/mol. The van der Waals surface area contributed by atoms with Crippen LogP contribution in [-0.2, 0) is 0 Å². The van der Waals surface area contributed by atoms with Crippen molar-refractivity contribution in [2.75, 3.05) is 31.5 Å². The molecule has 1 saturated heterocycles. The molecule has 0 radical (unpaired) electrons. The van der Waals surface area contributed by atoms with Crippen LogP contribution in [0.5, 0.6) is 0 Å². The summed E-state index contributed by atoms with van der Waals surface area (Å²) in [5.74, 6) is 0.794. The summed E-state index contributed by atoms with van der Waals surface area (Å²) in [5, 5.41) is 3.17. The van der Waals surface area contributed by atoms with E-state index in [9.17, 15) is 4.39 Å². The van der Waals surface area contributed by atoms with Gasteiger partial charge in [0.05, 0.1) is 12.4 Å². The third-order valence-corrected chi connectivity index (χ3v) is 3.32. The Kier molecular flexibility index (Phi) is 4.25. The maximum Gasteiger partial charge on any atom is 0.222 e. The number of nitrogens with one attached hydrogen (secondary N) is 1. The Morgan fingerprint density at radius 2 is 2.00 bits per heavy atom. The number of anilines is 1. The summed E-state index contributed by atoms with van der Waals surface area (Å²) in [4.78, 5) is 10.2. The van der Waals surface area contributed by atoms with Crippen molar-refractivity contribution in [1.29, 1.82) is 0 Å². The molecule has 1 fully saturated rings. The van der Waals surface area contributed by atoms with Gasteiger partial charge in [0.25, 0.3) is 0 Å². The lowest BCUT2D eigenvalue weighted by atomic mass is 9.97. The van der Waals surface area contributed by atoms with E-state index in [4.69, 9.17) is 0 Å². The number of nitrogens with zero attached hydrogens (tertiary/aromatic N) is 3. The van der Waals surface area contributed by atoms with Crippen LogP contribution < -0.4 is 5.32 Å². The van der Waals surface area contributed by atoms with Gasteiger partial charge < -0.3 is 10.2 Å². The molecule has 0 unspecified atom stereocenters. The van der Waals surface area contributed by atoms with E-state index in [0.29, 0.717) is 11.9 Å². The number of aromatic nitrogens is 2. The van der Waals surface area contributed by atoms with Gasteiger partial charge >= 0.3 is 0 Å². The second kappa shape index (κ2) is 5.91. The van der Waals surface area contributed by atoms with Crippen molar-refractivity contribution >= 4 is 5.95 Å². The summed E-state index contributed by atoms with van der Waals surface area (Å²) in [7, 11) is 0. The minimum atomic E-state index is -0.396. The highest BCUT2D eigenvalue weighted by molar-refractivity contribution is 5.22. The Labute approximate surface area is 101 Å². The fourth-order valence-electron chi connectivity index (χ4n) is 2.15. The largest absolute Gasteiger partial charge is 0.354 e. The van der Waals surface area contributed by atoms with E-state index in [1.807, 2.05) is 0 Å². The summed E-state index contributed by atoms with van der Waals surface area (Å²) in [6, 6.07) is 0. The lowest BCUT2D eigenvalue weighted by Gasteiger charge is -2.30. The number of hydrogen-bond acceptors (Lipinski definition) is 4. The summed E-state index contributed by atoms with van der Waals surface area (Å²) >= 11 is 0. The maximum absolute atomic E-state index is 12.6. The van der Waals surface area contributed by atoms with Crippen LogP contribution >= 0.6 is 0 Å². The minimum Gasteiger partial charge on any atom is -0.354 e. The van der Waals surface area contributed by atoms with Gasteiger partial charge in [0, 0.05) is 6.54 Å². The van der Waals surface area contributed by atoms with Crippen LogP contribution in [0.4, 0.5) is 10.3 Å². The van der Waals surface area contributed by atoms with Crippen LogP contribution in [0.15, 0.2) is 12.4 Å². The van der Waals surface area contributed by atoms with E-state index >= 15 is 0 Å². The Bertz CT molecular complexity index is 333. The average molecular weight is 238 g/mol. The van der Waals surface area contributed by atoms with E-state index in [2.05, 4.69) is 27.1 Å². The molecule has 1 aliphatic heterocycles. The SMILES string of the molecule is CCN1CCC(CNc2ncc(F)cn2)CC1. The van der Waals surface area contributed by atoms with Gasteiger partial charge in [-0.1, -0.05) is 6.92 Å². The van der Waals surface area contributed by atoms with Gasteiger partial charge in [-0.25, -0.2) is 14.4 Å². The molecule has 0 bridgehead atoms. The number of hydrogen-bond donors (Lipinski definition) is 1. The molecule has 17 heavy (non-hydrogen) atoms. The molecule has 0 atom stereocenters. The van der Waals surface area contributed by atoms with Crippen molar-refractivity contribution in [3.05, 3.63) is 18.2 Å². The Balaban J connectivity index is 1.74. The molecular formula is C12H19FN4. The van der Waals surface area contributed by atoms with E-state index in [1.165, 1.54) is 38.3 Å². The molecule has 0 amide bonds. The smallest absolute Gasteiger partial charge is 0.222 e. The molecule has 0 spiro atoms. The highest BCUT2D eigenvalue weighted by Gasteiger charge is 2.17. The van der Waals surface area contributed by atoms with Gasteiger partial charge in [-0.3, -0.25) is 0 Å². The van der Waals surface area contributed by atoms with Crippen LogP contribution in [0.3, 0.4) is 0 Å². The number of halogens is 1. The van der Waals surface area contributed by atoms with E-state index < -0.39 is 5.82 Å². The van der Waals surface area contributed by atoms with Gasteiger partial charge in [-0.2, -0.15) is 0 Å². The first-order valence-electron chi connectivity index (χ1n) is 6.21. The van der Waals surface area contributed by atoms with Gasteiger partial charge in [-0.05, 0) is 38.4 Å². The molecule has 1 N–H and O–H groups in total. The Hall–Kier alpha value is -1.23. The van der Waals surface area contributed by atoms with E-state index in [-0.39, 0.29) is 0 Å². The molecule has 2 rings (SSSR count). The van der Waals surface area contributed by atoms with Crippen molar-refractivity contribution in [3.8, 4) is 0 Å². The van der Waals surface area contributed by atoms with Crippen LogP contribution in [0.2, 0.25) is 0 Å². The van der Waals surface area contributed by atoms with Crippen molar-refractivity contribution in [3.63, 3.8) is 0 Å². The molecule has 0 aromatic carbocycles. The Morgan fingerprint density at radius 3 is 2.59 bits per heavy atom. The minimum absolute atomic E-state index is 0.396. The summed E-state index contributed by atoms with van der Waals surface area (Å²) in [6.07, 6.45) is 4.80. The zero-order chi connectivity index (χ0) is 12.1. The van der Waals surface area contributed by atoms with Crippen LogP contribution in [0.25, 0.3) is 0 Å². The number of rotatable bonds is 4. The number of likely N-dealkylation sites (tertiary alicyclic amines) is 1. The third-order valence-electron chi connectivity index (χ3n) is 3.32. The summed E-state index contributed by atoms with van der Waals surface area (Å²) in [5.41, 5.74) is 0. The van der Waals surface area contributed by atoms with Crippen molar-refractivity contribution in [2.24, 2.45) is 5.92 Å². The van der Waals surface area contributed by atoms with E-state index in [1.54, 1.807) is 0 Å². The molecule has 5 heteroatoms. The fraction of sp³-hybridized carbons (Fsp3) is 0.667. The fourth-order valence-corrected chi connectivity index (χ4v) is 2.15. The van der Waals surface area contributed by atoms with E-state index in [0.717, 1.165) is 13.1 Å². The lowest BCUT2D eigenvalue weighted by Crippen LogP contribution is -2.35. The number of piperidine rings is 1. The first-order chi connectivity index (χ1) is 8.28. The molecule has 1 aliphatic rings. The molecule has 1 aromatic heterocycles. The van der Waals surface area contributed by atoms with Crippen molar-refractivity contribution < 1.29 is 4.39 Å². The average Bonchev–Trinajstić information content (AvgIpc) is 2.39. The second-order valence-electron chi connectivity index (χ2n) is 4.48. The topological polar surface area (TPSA) is 41.0 Å². The van der Waals surface area contributed by atoms with Gasteiger partial charge in [0.1, 0.15) is 0 Å². The highest BCUT2D eigenvalue weighted by Crippen LogP contribution is 2.16. The van der Waals surface area contributed by atoms with Crippen LogP contribution in [0.1, 0.15) is 19.8 Å². The second-order valence-corrected chi connectivity index (χ2v) is 4.48. The normalized spacial score (nSPS) is 18.2. The lowest BCUT2D eigenvalue weighted by molar-refractivity contribution is 0.198. The quantitative estimate of drug-likeness (QED) is 0.867. The third kappa shape index (κ3) is 3.63. The highest BCUT2D eigenvalue weighted by atomic mass is 19.1. The maximum atomic E-state index is 12.6. The first-order valence-corrected chi connectivity index (χ1v) is 6.21. The van der Waals surface area contributed by atoms with Gasteiger partial charge in [0.15, 0.2) is 5.82 Å². The molecule has 0 saturated carbocycles.